The van der Waals surface area contributed by atoms with Crippen molar-refractivity contribution in [3.05, 3.63) is 29.6 Å². The third-order valence-electron chi connectivity index (χ3n) is 6.27. The Hall–Kier alpha value is -2.48. The standard InChI is InChI=1S/C22H29FN4O3/c23-16-7-8-17-19(14-16)27(22(30)18-6-4-13-26(18)21(17)29)15-20(28)24-9-5-12-25-10-2-1-3-11-25/h7-8,14,18H,1-6,9-13,15H2,(H,24,28). The molecular weight excluding hydrogens is 387 g/mol. The molecule has 8 heteroatoms. The first kappa shape index (κ1) is 20.8. The Bertz CT molecular complexity index is 825. The van der Waals surface area contributed by atoms with Crippen LogP contribution in [-0.2, 0) is 9.59 Å². The minimum Gasteiger partial charge on any atom is -0.355 e. The maximum atomic E-state index is 13.9. The third kappa shape index (κ3) is 4.33. The van der Waals surface area contributed by atoms with E-state index in [0.29, 0.717) is 19.5 Å². The van der Waals surface area contributed by atoms with Gasteiger partial charge in [0.05, 0.1) is 11.3 Å². The SMILES string of the molecule is O=C(CN1C(=O)C2CCCN2C(=O)c2ccc(F)cc21)NCCCN1CCCCC1. The van der Waals surface area contributed by atoms with Gasteiger partial charge in [0.25, 0.3) is 5.91 Å². The fourth-order valence-corrected chi connectivity index (χ4v) is 4.70. The average molecular weight is 416 g/mol. The Morgan fingerprint density at radius 1 is 1.10 bits per heavy atom. The number of hydrogen-bond donors (Lipinski definition) is 1. The Balaban J connectivity index is 1.42. The summed E-state index contributed by atoms with van der Waals surface area (Å²) < 4.78 is 13.9. The fraction of sp³-hybridized carbons (Fsp3) is 0.591. The summed E-state index contributed by atoms with van der Waals surface area (Å²) >= 11 is 0. The number of benzene rings is 1. The van der Waals surface area contributed by atoms with E-state index in [2.05, 4.69) is 10.2 Å². The molecule has 3 aliphatic rings. The summed E-state index contributed by atoms with van der Waals surface area (Å²) in [7, 11) is 0. The molecule has 162 valence electrons. The molecule has 4 rings (SSSR count). The zero-order valence-corrected chi connectivity index (χ0v) is 17.2. The molecule has 1 atom stereocenters. The van der Waals surface area contributed by atoms with Crippen molar-refractivity contribution in [2.45, 2.75) is 44.6 Å². The maximum Gasteiger partial charge on any atom is 0.256 e. The molecule has 30 heavy (non-hydrogen) atoms. The number of carbonyl (C=O) groups excluding carboxylic acids is 3. The zero-order chi connectivity index (χ0) is 21.1. The van der Waals surface area contributed by atoms with E-state index < -0.39 is 11.9 Å². The molecular formula is C22H29FN4O3. The van der Waals surface area contributed by atoms with Crippen LogP contribution in [0.5, 0.6) is 0 Å². The van der Waals surface area contributed by atoms with Crippen LogP contribution in [-0.4, -0.2) is 72.8 Å². The normalized spacial score (nSPS) is 22.0. The van der Waals surface area contributed by atoms with Gasteiger partial charge in [-0.1, -0.05) is 6.42 Å². The summed E-state index contributed by atoms with van der Waals surface area (Å²) in [6.07, 6.45) is 5.91. The van der Waals surface area contributed by atoms with Gasteiger partial charge in [0, 0.05) is 13.1 Å². The molecule has 1 N–H and O–H groups in total. The number of likely N-dealkylation sites (tertiary alicyclic amines) is 1. The monoisotopic (exact) mass is 416 g/mol. The van der Waals surface area contributed by atoms with Crippen LogP contribution in [0, 0.1) is 5.82 Å². The van der Waals surface area contributed by atoms with E-state index >= 15 is 0 Å². The minimum absolute atomic E-state index is 0.183. The van der Waals surface area contributed by atoms with Crippen molar-refractivity contribution in [3.63, 3.8) is 0 Å². The molecule has 1 unspecified atom stereocenters. The second-order valence-electron chi connectivity index (χ2n) is 8.35. The van der Waals surface area contributed by atoms with Crippen LogP contribution in [0.3, 0.4) is 0 Å². The molecule has 0 spiro atoms. The van der Waals surface area contributed by atoms with Crippen LogP contribution < -0.4 is 10.2 Å². The molecule has 2 saturated heterocycles. The van der Waals surface area contributed by atoms with E-state index in [1.54, 1.807) is 4.90 Å². The molecule has 2 fully saturated rings. The van der Waals surface area contributed by atoms with Crippen LogP contribution in [0.15, 0.2) is 18.2 Å². The van der Waals surface area contributed by atoms with Crippen molar-refractivity contribution in [1.29, 1.82) is 0 Å². The number of carbonyl (C=O) groups is 3. The number of fused-ring (bicyclic) bond motifs is 2. The largest absolute Gasteiger partial charge is 0.355 e. The van der Waals surface area contributed by atoms with E-state index in [0.717, 1.165) is 32.5 Å². The van der Waals surface area contributed by atoms with Crippen molar-refractivity contribution < 1.29 is 18.8 Å². The highest BCUT2D eigenvalue weighted by Crippen LogP contribution is 2.32. The fourth-order valence-electron chi connectivity index (χ4n) is 4.70. The van der Waals surface area contributed by atoms with Gasteiger partial charge in [0.1, 0.15) is 18.4 Å². The zero-order valence-electron chi connectivity index (χ0n) is 17.2. The lowest BCUT2D eigenvalue weighted by atomic mass is 10.1. The molecule has 0 bridgehead atoms. The van der Waals surface area contributed by atoms with Gasteiger partial charge in [-0.05, 0) is 69.9 Å². The lowest BCUT2D eigenvalue weighted by Crippen LogP contribution is -2.48. The van der Waals surface area contributed by atoms with Gasteiger partial charge in [0.2, 0.25) is 11.8 Å². The first-order chi connectivity index (χ1) is 14.5. The number of hydrogen-bond acceptors (Lipinski definition) is 4. The average Bonchev–Trinajstić information content (AvgIpc) is 3.22. The number of rotatable bonds is 6. The van der Waals surface area contributed by atoms with Gasteiger partial charge in [0.15, 0.2) is 0 Å². The third-order valence-corrected chi connectivity index (χ3v) is 6.27. The quantitative estimate of drug-likeness (QED) is 0.718. The predicted octanol–water partition coefficient (Wildman–Crippen LogP) is 1.77. The summed E-state index contributed by atoms with van der Waals surface area (Å²) in [5.74, 6) is -1.42. The molecule has 1 aromatic carbocycles. The number of nitrogens with one attached hydrogen (secondary N) is 1. The molecule has 3 aliphatic heterocycles. The second kappa shape index (κ2) is 9.12. The van der Waals surface area contributed by atoms with E-state index in [1.165, 1.54) is 42.4 Å². The summed E-state index contributed by atoms with van der Waals surface area (Å²) in [6.45, 7) is 4.00. The smallest absolute Gasteiger partial charge is 0.256 e. The maximum absolute atomic E-state index is 13.9. The van der Waals surface area contributed by atoms with Crippen molar-refractivity contribution >= 4 is 23.4 Å². The van der Waals surface area contributed by atoms with Gasteiger partial charge >= 0.3 is 0 Å². The predicted molar refractivity (Wildman–Crippen MR) is 111 cm³/mol. The van der Waals surface area contributed by atoms with Crippen molar-refractivity contribution in [2.75, 3.05) is 44.2 Å². The first-order valence-corrected chi connectivity index (χ1v) is 11.0. The van der Waals surface area contributed by atoms with Gasteiger partial charge in [-0.2, -0.15) is 0 Å². The lowest BCUT2D eigenvalue weighted by Gasteiger charge is -2.27. The minimum atomic E-state index is -0.583. The van der Waals surface area contributed by atoms with Gasteiger partial charge in [-0.3, -0.25) is 14.4 Å². The van der Waals surface area contributed by atoms with Crippen LogP contribution in [0.25, 0.3) is 0 Å². The number of amides is 3. The topological polar surface area (TPSA) is 73.0 Å². The van der Waals surface area contributed by atoms with E-state index in [4.69, 9.17) is 0 Å². The summed E-state index contributed by atoms with van der Waals surface area (Å²) in [6, 6.07) is 3.22. The van der Waals surface area contributed by atoms with E-state index in [1.807, 2.05) is 0 Å². The highest BCUT2D eigenvalue weighted by molar-refractivity contribution is 6.12. The second-order valence-corrected chi connectivity index (χ2v) is 8.35. The number of halogens is 1. The lowest BCUT2D eigenvalue weighted by molar-refractivity contribution is -0.125. The van der Waals surface area contributed by atoms with Gasteiger partial charge in [-0.25, -0.2) is 4.39 Å². The molecule has 3 heterocycles. The van der Waals surface area contributed by atoms with E-state index in [-0.39, 0.29) is 35.5 Å². The Morgan fingerprint density at radius 3 is 2.70 bits per heavy atom. The number of piperidine rings is 1. The molecule has 0 saturated carbocycles. The Kier molecular flexibility index (Phi) is 6.32. The highest BCUT2D eigenvalue weighted by Gasteiger charge is 2.42. The summed E-state index contributed by atoms with van der Waals surface area (Å²) in [5.41, 5.74) is 0.454. The van der Waals surface area contributed by atoms with Crippen LogP contribution in [0.1, 0.15) is 48.9 Å². The molecule has 0 radical (unpaired) electrons. The van der Waals surface area contributed by atoms with Crippen molar-refractivity contribution in [3.8, 4) is 0 Å². The van der Waals surface area contributed by atoms with Crippen molar-refractivity contribution in [2.24, 2.45) is 0 Å². The number of anilines is 1. The molecule has 7 nitrogen and oxygen atoms in total. The molecule has 0 aromatic heterocycles. The summed E-state index contributed by atoms with van der Waals surface area (Å²) in [4.78, 5) is 43.9. The summed E-state index contributed by atoms with van der Waals surface area (Å²) in [5, 5.41) is 2.88. The Morgan fingerprint density at radius 2 is 1.90 bits per heavy atom. The molecule has 3 amide bonds. The van der Waals surface area contributed by atoms with Gasteiger partial charge in [-0.15, -0.1) is 0 Å². The number of nitrogens with zero attached hydrogens (tertiary/aromatic N) is 3. The van der Waals surface area contributed by atoms with Crippen LogP contribution in [0.2, 0.25) is 0 Å². The van der Waals surface area contributed by atoms with Gasteiger partial charge < -0.3 is 20.0 Å². The molecule has 0 aliphatic carbocycles. The van der Waals surface area contributed by atoms with Crippen LogP contribution in [0.4, 0.5) is 10.1 Å². The van der Waals surface area contributed by atoms with E-state index in [9.17, 15) is 18.8 Å². The Labute approximate surface area is 176 Å². The highest BCUT2D eigenvalue weighted by atomic mass is 19.1. The van der Waals surface area contributed by atoms with Crippen LogP contribution >= 0.6 is 0 Å². The molecule has 1 aromatic rings. The van der Waals surface area contributed by atoms with Crippen molar-refractivity contribution in [1.82, 2.24) is 15.1 Å². The first-order valence-electron chi connectivity index (χ1n) is 11.0.